The molecule has 86 valence electrons. The summed E-state index contributed by atoms with van der Waals surface area (Å²) in [6.45, 7) is 0.0752. The van der Waals surface area contributed by atoms with Gasteiger partial charge in [0.05, 0.1) is 18.1 Å². The van der Waals surface area contributed by atoms with Crippen LogP contribution >= 0.6 is 0 Å². The van der Waals surface area contributed by atoms with Gasteiger partial charge in [-0.15, -0.1) is 0 Å². The van der Waals surface area contributed by atoms with Crippen LogP contribution in [-0.2, 0) is 0 Å². The maximum Gasteiger partial charge on any atom is 0.273 e. The van der Waals surface area contributed by atoms with Gasteiger partial charge in [0.2, 0.25) is 0 Å². The maximum atomic E-state index is 10.5. The zero-order chi connectivity index (χ0) is 12.0. The Balaban J connectivity index is 2.97. The molecule has 0 saturated heterocycles. The molecule has 0 aromatic heterocycles. The molecule has 0 saturated carbocycles. The van der Waals surface area contributed by atoms with Crippen molar-refractivity contribution in [2.24, 2.45) is 0 Å². The van der Waals surface area contributed by atoms with Gasteiger partial charge >= 0.3 is 0 Å². The van der Waals surface area contributed by atoms with Gasteiger partial charge in [-0.3, -0.25) is 10.1 Å². The molecule has 0 bridgehead atoms. The van der Waals surface area contributed by atoms with Crippen molar-refractivity contribution in [2.75, 3.05) is 13.7 Å². The first-order valence-corrected chi connectivity index (χ1v) is 4.79. The smallest absolute Gasteiger partial charge is 0.273 e. The van der Waals surface area contributed by atoms with Crippen LogP contribution < -0.4 is 4.74 Å². The minimum absolute atomic E-state index is 0.00356. The highest BCUT2D eigenvalue weighted by molar-refractivity contribution is 5.60. The third-order valence-electron chi connectivity index (χ3n) is 2.02. The number of nitro groups is 1. The highest BCUT2D eigenvalue weighted by Crippen LogP contribution is 2.25. The average molecular weight is 223 g/mol. The number of aliphatic hydroxyl groups is 1. The van der Waals surface area contributed by atoms with E-state index in [9.17, 15) is 10.1 Å². The van der Waals surface area contributed by atoms with Gasteiger partial charge in [-0.05, 0) is 12.5 Å². The van der Waals surface area contributed by atoms with Crippen molar-refractivity contribution < 1.29 is 14.8 Å². The van der Waals surface area contributed by atoms with Crippen molar-refractivity contribution in [1.29, 1.82) is 0 Å². The molecule has 0 aliphatic carbocycles. The highest BCUT2D eigenvalue weighted by atomic mass is 16.6. The Morgan fingerprint density at radius 2 is 2.31 bits per heavy atom. The largest absolute Gasteiger partial charge is 0.496 e. The van der Waals surface area contributed by atoms with Gasteiger partial charge in [0.25, 0.3) is 5.69 Å². The predicted octanol–water partition coefficient (Wildman–Crippen LogP) is 2.00. The monoisotopic (exact) mass is 223 g/mol. The van der Waals surface area contributed by atoms with Crippen LogP contribution in [0.3, 0.4) is 0 Å². The fourth-order valence-electron chi connectivity index (χ4n) is 1.24. The molecule has 16 heavy (non-hydrogen) atoms. The number of hydrogen-bond donors (Lipinski definition) is 1. The van der Waals surface area contributed by atoms with E-state index in [0.29, 0.717) is 12.2 Å². The van der Waals surface area contributed by atoms with Crippen molar-refractivity contribution in [3.05, 3.63) is 40.0 Å². The minimum atomic E-state index is -0.469. The van der Waals surface area contributed by atoms with E-state index in [1.807, 2.05) is 0 Å². The summed E-state index contributed by atoms with van der Waals surface area (Å²) in [6, 6.07) is 4.41. The Morgan fingerprint density at radius 3 is 2.88 bits per heavy atom. The molecular formula is C11H13NO4. The molecule has 0 heterocycles. The molecule has 0 spiro atoms. The standard InChI is InChI=1S/C11H13NO4/c1-16-11-8-10(12(14)15)6-5-9(11)4-2-3-7-13/h2,4-6,8,13H,3,7H2,1H3. The lowest BCUT2D eigenvalue weighted by Gasteiger charge is -2.03. The Labute approximate surface area is 93.1 Å². The van der Waals surface area contributed by atoms with E-state index >= 15 is 0 Å². The summed E-state index contributed by atoms with van der Waals surface area (Å²) in [5.41, 5.74) is 0.748. The number of nitrogens with zero attached hydrogens (tertiary/aromatic N) is 1. The molecule has 5 heteroatoms. The quantitative estimate of drug-likeness (QED) is 0.612. The van der Waals surface area contributed by atoms with Crippen LogP contribution in [0, 0.1) is 10.1 Å². The van der Waals surface area contributed by atoms with Crippen molar-refractivity contribution in [2.45, 2.75) is 6.42 Å². The first-order chi connectivity index (χ1) is 7.69. The zero-order valence-electron chi connectivity index (χ0n) is 8.92. The number of methoxy groups -OCH3 is 1. The van der Waals surface area contributed by atoms with Crippen LogP contribution in [0.15, 0.2) is 24.3 Å². The molecule has 0 aliphatic heterocycles. The molecule has 1 aromatic rings. The van der Waals surface area contributed by atoms with Crippen LogP contribution in [0.1, 0.15) is 12.0 Å². The summed E-state index contributed by atoms with van der Waals surface area (Å²) in [4.78, 5) is 10.1. The number of rotatable bonds is 5. The Hall–Kier alpha value is -1.88. The third kappa shape index (κ3) is 3.06. The van der Waals surface area contributed by atoms with Gasteiger partial charge in [0.1, 0.15) is 5.75 Å². The Bertz CT molecular complexity index is 401. The molecule has 5 nitrogen and oxygen atoms in total. The second-order valence-corrected chi connectivity index (χ2v) is 3.10. The van der Waals surface area contributed by atoms with Crippen molar-refractivity contribution in [3.8, 4) is 5.75 Å². The van der Waals surface area contributed by atoms with E-state index < -0.39 is 4.92 Å². The van der Waals surface area contributed by atoms with Crippen molar-refractivity contribution in [3.63, 3.8) is 0 Å². The predicted molar refractivity (Wildman–Crippen MR) is 60.4 cm³/mol. The molecule has 1 N–H and O–H groups in total. The zero-order valence-corrected chi connectivity index (χ0v) is 8.92. The second kappa shape index (κ2) is 5.87. The molecule has 1 aromatic carbocycles. The number of non-ortho nitro benzene ring substituents is 1. The minimum Gasteiger partial charge on any atom is -0.496 e. The summed E-state index contributed by atoms with van der Waals surface area (Å²) < 4.78 is 5.05. The molecule has 0 amide bonds. The summed E-state index contributed by atoms with van der Waals surface area (Å²) in [7, 11) is 1.46. The molecule has 0 atom stereocenters. The molecule has 0 unspecified atom stereocenters. The van der Waals surface area contributed by atoms with Gasteiger partial charge < -0.3 is 9.84 Å². The second-order valence-electron chi connectivity index (χ2n) is 3.10. The summed E-state index contributed by atoms with van der Waals surface area (Å²) in [5.74, 6) is 0.448. The van der Waals surface area contributed by atoms with E-state index in [1.54, 1.807) is 18.2 Å². The fraction of sp³-hybridized carbons (Fsp3) is 0.273. The van der Waals surface area contributed by atoms with Gasteiger partial charge in [-0.25, -0.2) is 0 Å². The SMILES string of the molecule is COc1cc([N+](=O)[O-])ccc1C=CCCO. The normalized spacial score (nSPS) is 10.6. The number of ether oxygens (including phenoxy) is 1. The number of nitro benzene ring substituents is 1. The van der Waals surface area contributed by atoms with Gasteiger partial charge in [-0.1, -0.05) is 12.2 Å². The molecular weight excluding hydrogens is 210 g/mol. The number of hydrogen-bond acceptors (Lipinski definition) is 4. The van der Waals surface area contributed by atoms with E-state index in [-0.39, 0.29) is 12.3 Å². The van der Waals surface area contributed by atoms with Gasteiger partial charge in [0, 0.05) is 18.2 Å². The topological polar surface area (TPSA) is 72.6 Å². The van der Waals surface area contributed by atoms with Crippen molar-refractivity contribution in [1.82, 2.24) is 0 Å². The first kappa shape index (κ1) is 12.2. The third-order valence-corrected chi connectivity index (χ3v) is 2.02. The van der Waals surface area contributed by atoms with Gasteiger partial charge in [-0.2, -0.15) is 0 Å². The van der Waals surface area contributed by atoms with Crippen LogP contribution in [0.4, 0.5) is 5.69 Å². The van der Waals surface area contributed by atoms with Crippen molar-refractivity contribution >= 4 is 11.8 Å². The summed E-state index contributed by atoms with van der Waals surface area (Å²) in [5, 5.41) is 19.2. The van der Waals surface area contributed by atoms with Crippen LogP contribution in [0.5, 0.6) is 5.75 Å². The van der Waals surface area contributed by atoms with E-state index in [2.05, 4.69) is 0 Å². The molecule has 0 radical (unpaired) electrons. The lowest BCUT2D eigenvalue weighted by molar-refractivity contribution is -0.384. The Morgan fingerprint density at radius 1 is 1.56 bits per heavy atom. The molecule has 1 rings (SSSR count). The number of benzene rings is 1. The number of aliphatic hydroxyl groups excluding tert-OH is 1. The van der Waals surface area contributed by atoms with Crippen LogP contribution in [0.2, 0.25) is 0 Å². The maximum absolute atomic E-state index is 10.5. The van der Waals surface area contributed by atoms with E-state index in [0.717, 1.165) is 5.56 Å². The van der Waals surface area contributed by atoms with Crippen LogP contribution in [0.25, 0.3) is 6.08 Å². The summed E-state index contributed by atoms with van der Waals surface area (Å²) >= 11 is 0. The molecule has 0 fully saturated rings. The average Bonchev–Trinajstić information content (AvgIpc) is 2.29. The lowest BCUT2D eigenvalue weighted by Crippen LogP contribution is -1.92. The summed E-state index contributed by atoms with van der Waals surface area (Å²) in [6.07, 6.45) is 4.09. The van der Waals surface area contributed by atoms with E-state index in [4.69, 9.17) is 9.84 Å². The molecule has 0 aliphatic rings. The van der Waals surface area contributed by atoms with E-state index in [1.165, 1.54) is 19.2 Å². The highest BCUT2D eigenvalue weighted by Gasteiger charge is 2.09. The first-order valence-electron chi connectivity index (χ1n) is 4.79. The van der Waals surface area contributed by atoms with Crippen LogP contribution in [-0.4, -0.2) is 23.7 Å². The lowest BCUT2D eigenvalue weighted by atomic mass is 10.1. The Kier molecular flexibility index (Phi) is 4.47. The van der Waals surface area contributed by atoms with Gasteiger partial charge in [0.15, 0.2) is 0 Å². The fourth-order valence-corrected chi connectivity index (χ4v) is 1.24.